The van der Waals surface area contributed by atoms with Crippen molar-refractivity contribution in [2.75, 3.05) is 18.6 Å². The minimum Gasteiger partial charge on any atom is -0.495 e. The summed E-state index contributed by atoms with van der Waals surface area (Å²) in [6.07, 6.45) is 1.16. The second-order valence-electron chi connectivity index (χ2n) is 5.46. The van der Waals surface area contributed by atoms with Crippen LogP contribution in [0.2, 0.25) is 0 Å². The zero-order valence-electron chi connectivity index (χ0n) is 13.3. The Hall–Kier alpha value is -2.80. The van der Waals surface area contributed by atoms with Gasteiger partial charge in [-0.05, 0) is 31.2 Å². The summed E-state index contributed by atoms with van der Waals surface area (Å²) < 4.78 is 10.9. The normalized spacial score (nSPS) is 19.4. The fourth-order valence-corrected chi connectivity index (χ4v) is 2.82. The van der Waals surface area contributed by atoms with Crippen LogP contribution in [0, 0.1) is 0 Å². The Balaban J connectivity index is 2.15. The van der Waals surface area contributed by atoms with Gasteiger partial charge in [0.15, 0.2) is 5.75 Å². The molecule has 0 saturated carbocycles. The maximum Gasteiger partial charge on any atom is 0.339 e. The molecule has 0 bridgehead atoms. The van der Waals surface area contributed by atoms with E-state index in [0.717, 1.165) is 0 Å². The monoisotopic (exact) mass is 330 g/mol. The van der Waals surface area contributed by atoms with E-state index in [-0.39, 0.29) is 24.0 Å². The molecule has 2 atom stereocenters. The smallest absolute Gasteiger partial charge is 0.339 e. The summed E-state index contributed by atoms with van der Waals surface area (Å²) in [6.45, 7) is 1.63. The van der Waals surface area contributed by atoms with Gasteiger partial charge in [0, 0.05) is 0 Å². The number of carboxylic acid groups (broad SMARTS) is 1. The van der Waals surface area contributed by atoms with Crippen molar-refractivity contribution in [3.8, 4) is 11.5 Å². The van der Waals surface area contributed by atoms with E-state index in [9.17, 15) is 15.0 Å². The number of nitrogens with zero attached hydrogens (tertiary/aromatic N) is 2. The van der Waals surface area contributed by atoms with Crippen molar-refractivity contribution in [3.05, 3.63) is 42.1 Å². The number of fused-ring (bicyclic) bond motifs is 1. The molecule has 7 nitrogen and oxygen atoms in total. The Morgan fingerprint density at radius 3 is 2.75 bits per heavy atom. The number of carboxylic acids is 1. The Morgan fingerprint density at radius 1 is 1.38 bits per heavy atom. The van der Waals surface area contributed by atoms with E-state index in [1.54, 1.807) is 49.4 Å². The second-order valence-corrected chi connectivity index (χ2v) is 5.46. The first-order chi connectivity index (χ1) is 11.6. The zero-order valence-corrected chi connectivity index (χ0v) is 13.3. The summed E-state index contributed by atoms with van der Waals surface area (Å²) in [7, 11) is 1.55. The van der Waals surface area contributed by atoms with Crippen LogP contribution in [-0.4, -0.2) is 47.0 Å². The number of rotatable bonds is 4. The Kier molecular flexibility index (Phi) is 4.26. The van der Waals surface area contributed by atoms with E-state index in [2.05, 4.69) is 4.98 Å². The highest BCUT2D eigenvalue weighted by Gasteiger charge is 2.36. The number of aliphatic hydroxyl groups is 1. The van der Waals surface area contributed by atoms with Crippen LogP contribution in [0.15, 0.2) is 36.5 Å². The third-order valence-electron chi connectivity index (χ3n) is 4.05. The van der Waals surface area contributed by atoms with E-state index in [1.165, 1.54) is 6.07 Å². The lowest BCUT2D eigenvalue weighted by Gasteiger charge is -2.41. The molecule has 0 radical (unpaired) electrons. The molecule has 3 rings (SSSR count). The molecular formula is C17H18N2O5. The Bertz CT molecular complexity index is 747. The molecule has 1 unspecified atom stereocenters. The fraction of sp³-hybridized carbons (Fsp3) is 0.294. The minimum atomic E-state index is -1.07. The van der Waals surface area contributed by atoms with Gasteiger partial charge in [-0.3, -0.25) is 0 Å². The lowest BCUT2D eigenvalue weighted by atomic mass is 10.0. The molecule has 0 aliphatic carbocycles. The molecule has 0 fully saturated rings. The van der Waals surface area contributed by atoms with Gasteiger partial charge in [0.05, 0.1) is 31.6 Å². The van der Waals surface area contributed by atoms with Crippen LogP contribution in [0.1, 0.15) is 17.3 Å². The maximum atomic E-state index is 11.5. The molecule has 0 spiro atoms. The highest BCUT2D eigenvalue weighted by Crippen LogP contribution is 2.42. The Labute approximate surface area is 139 Å². The number of hydrogen-bond acceptors (Lipinski definition) is 6. The molecule has 1 aliphatic heterocycles. The number of para-hydroxylation sites is 1. The summed E-state index contributed by atoms with van der Waals surface area (Å²) in [5.74, 6) is 0.401. The zero-order chi connectivity index (χ0) is 17.3. The van der Waals surface area contributed by atoms with Crippen LogP contribution in [0.3, 0.4) is 0 Å². The first-order valence-corrected chi connectivity index (χ1v) is 7.50. The number of carbonyl (C=O) groups is 1. The molecule has 1 aromatic carbocycles. The van der Waals surface area contributed by atoms with Gasteiger partial charge in [0.25, 0.3) is 0 Å². The SMILES string of the molecule is COc1ccc(N2c3cccc(C(=O)O)c3O[C@@H](C)C2CO)nc1. The number of aliphatic hydroxyl groups excluding tert-OH is 1. The van der Waals surface area contributed by atoms with Crippen LogP contribution in [-0.2, 0) is 0 Å². The quantitative estimate of drug-likeness (QED) is 0.886. The number of anilines is 2. The van der Waals surface area contributed by atoms with E-state index < -0.39 is 12.1 Å². The van der Waals surface area contributed by atoms with Gasteiger partial charge in [0.2, 0.25) is 0 Å². The first-order valence-electron chi connectivity index (χ1n) is 7.50. The average Bonchev–Trinajstić information content (AvgIpc) is 2.60. The standard InChI is InChI=1S/C17H18N2O5/c1-10-14(9-20)19(15-7-6-11(23-2)8-18-15)13-5-3-4-12(17(21)22)16(13)24-10/h3-8,10,14,20H,9H2,1-2H3,(H,21,22)/t10-,14?/m0/s1. The van der Waals surface area contributed by atoms with Crippen molar-refractivity contribution in [3.63, 3.8) is 0 Å². The number of benzene rings is 1. The van der Waals surface area contributed by atoms with Crippen molar-refractivity contribution < 1.29 is 24.5 Å². The van der Waals surface area contributed by atoms with Gasteiger partial charge in [-0.15, -0.1) is 0 Å². The predicted molar refractivity (Wildman–Crippen MR) is 87.3 cm³/mol. The van der Waals surface area contributed by atoms with Gasteiger partial charge in [0.1, 0.15) is 23.2 Å². The number of ether oxygens (including phenoxy) is 2. The van der Waals surface area contributed by atoms with Gasteiger partial charge >= 0.3 is 5.97 Å². The highest BCUT2D eigenvalue weighted by atomic mass is 16.5. The summed E-state index contributed by atoms with van der Waals surface area (Å²) in [5, 5.41) is 19.2. The van der Waals surface area contributed by atoms with Gasteiger partial charge in [-0.1, -0.05) is 6.07 Å². The van der Waals surface area contributed by atoms with Gasteiger partial charge in [-0.2, -0.15) is 0 Å². The lowest BCUT2D eigenvalue weighted by molar-refractivity contribution is 0.0684. The Morgan fingerprint density at radius 2 is 2.17 bits per heavy atom. The molecule has 2 aromatic rings. The molecule has 7 heteroatoms. The maximum absolute atomic E-state index is 11.5. The fourth-order valence-electron chi connectivity index (χ4n) is 2.82. The molecule has 0 amide bonds. The molecule has 1 aliphatic rings. The third-order valence-corrected chi connectivity index (χ3v) is 4.05. The first kappa shape index (κ1) is 16.1. The van der Waals surface area contributed by atoms with Crippen molar-refractivity contribution >= 4 is 17.5 Å². The van der Waals surface area contributed by atoms with Crippen LogP contribution in [0.5, 0.6) is 11.5 Å². The molecule has 24 heavy (non-hydrogen) atoms. The van der Waals surface area contributed by atoms with E-state index in [0.29, 0.717) is 17.3 Å². The molecular weight excluding hydrogens is 312 g/mol. The topological polar surface area (TPSA) is 92.1 Å². The minimum absolute atomic E-state index is 0.0780. The van der Waals surface area contributed by atoms with E-state index in [1.807, 2.05) is 0 Å². The van der Waals surface area contributed by atoms with E-state index >= 15 is 0 Å². The van der Waals surface area contributed by atoms with Gasteiger partial charge < -0.3 is 24.6 Å². The van der Waals surface area contributed by atoms with Crippen molar-refractivity contribution in [1.82, 2.24) is 4.98 Å². The largest absolute Gasteiger partial charge is 0.495 e. The van der Waals surface area contributed by atoms with Crippen molar-refractivity contribution in [1.29, 1.82) is 0 Å². The van der Waals surface area contributed by atoms with Crippen LogP contribution >= 0.6 is 0 Å². The summed E-state index contributed by atoms with van der Waals surface area (Å²) in [4.78, 5) is 17.6. The van der Waals surface area contributed by atoms with Gasteiger partial charge in [-0.25, -0.2) is 9.78 Å². The molecule has 1 aromatic heterocycles. The average molecular weight is 330 g/mol. The van der Waals surface area contributed by atoms with Crippen LogP contribution in [0.25, 0.3) is 0 Å². The summed E-state index contributed by atoms with van der Waals surface area (Å²) in [6, 6.07) is 8.03. The van der Waals surface area contributed by atoms with Crippen LogP contribution in [0.4, 0.5) is 11.5 Å². The third kappa shape index (κ3) is 2.63. The van der Waals surface area contributed by atoms with Crippen molar-refractivity contribution in [2.24, 2.45) is 0 Å². The second kappa shape index (κ2) is 6.37. The highest BCUT2D eigenvalue weighted by molar-refractivity contribution is 5.94. The number of hydrogen-bond donors (Lipinski definition) is 2. The summed E-state index contributed by atoms with van der Waals surface area (Å²) >= 11 is 0. The number of pyridine rings is 1. The van der Waals surface area contributed by atoms with Crippen molar-refractivity contribution in [2.45, 2.75) is 19.1 Å². The van der Waals surface area contributed by atoms with Crippen LogP contribution < -0.4 is 14.4 Å². The summed E-state index contributed by atoms with van der Waals surface area (Å²) in [5.41, 5.74) is 0.638. The molecule has 126 valence electrons. The number of aromatic nitrogens is 1. The molecule has 2 heterocycles. The number of methoxy groups -OCH3 is 1. The van der Waals surface area contributed by atoms with E-state index in [4.69, 9.17) is 9.47 Å². The molecule has 2 N–H and O–H groups in total. The predicted octanol–water partition coefficient (Wildman–Crippen LogP) is 2.07. The number of aromatic carboxylic acids is 1. The lowest BCUT2D eigenvalue weighted by Crippen LogP contribution is -2.48. The molecule has 0 saturated heterocycles.